The lowest BCUT2D eigenvalue weighted by molar-refractivity contribution is -0.0310. The predicted octanol–water partition coefficient (Wildman–Crippen LogP) is 3.24. The molecule has 1 aliphatic carbocycles. The summed E-state index contributed by atoms with van der Waals surface area (Å²) in [6.07, 6.45) is 5.56. The highest BCUT2D eigenvalue weighted by Crippen LogP contribution is 2.37. The van der Waals surface area contributed by atoms with E-state index in [0.29, 0.717) is 11.6 Å². The van der Waals surface area contributed by atoms with Crippen molar-refractivity contribution in [3.63, 3.8) is 0 Å². The minimum atomic E-state index is -0.648. The Kier molecular flexibility index (Phi) is 4.09. The van der Waals surface area contributed by atoms with Gasteiger partial charge in [-0.15, -0.1) is 0 Å². The summed E-state index contributed by atoms with van der Waals surface area (Å²) in [5.41, 5.74) is 0.0237. The number of carbonyl (C=O) groups is 1. The third-order valence-corrected chi connectivity index (χ3v) is 4.15. The van der Waals surface area contributed by atoms with Gasteiger partial charge in [-0.2, -0.15) is 5.10 Å². The first kappa shape index (κ1) is 14.3. The molecule has 106 valence electrons. The van der Waals surface area contributed by atoms with Crippen LogP contribution >= 0.6 is 0 Å². The maximum atomic E-state index is 12.9. The molecule has 1 aliphatic rings. The van der Waals surface area contributed by atoms with Crippen LogP contribution in [0, 0.1) is 5.92 Å². The molecule has 0 bridgehead atoms. The number of ketones is 1. The summed E-state index contributed by atoms with van der Waals surface area (Å²) in [6.45, 7) is 6.26. The zero-order valence-corrected chi connectivity index (χ0v) is 12.3. The number of hydrogen-bond donors (Lipinski definition) is 0. The van der Waals surface area contributed by atoms with Crippen LogP contribution in [-0.2, 0) is 4.74 Å². The van der Waals surface area contributed by atoms with Gasteiger partial charge in [-0.3, -0.25) is 9.48 Å². The Labute approximate surface area is 115 Å². The van der Waals surface area contributed by atoms with Crippen LogP contribution in [0.1, 0.15) is 63.0 Å². The maximum Gasteiger partial charge on any atom is 0.212 e. The van der Waals surface area contributed by atoms with Crippen LogP contribution in [0.25, 0.3) is 0 Å². The van der Waals surface area contributed by atoms with Gasteiger partial charge in [0.25, 0.3) is 0 Å². The van der Waals surface area contributed by atoms with E-state index in [4.69, 9.17) is 4.74 Å². The molecule has 0 N–H and O–H groups in total. The highest BCUT2D eigenvalue weighted by Gasteiger charge is 2.43. The number of aromatic nitrogens is 2. The Balaban J connectivity index is 2.32. The number of ether oxygens (including phenoxy) is 1. The summed E-state index contributed by atoms with van der Waals surface area (Å²) in [5, 5.41) is 4.26. The zero-order chi connectivity index (χ0) is 14.0. The molecule has 2 atom stereocenters. The first-order chi connectivity index (χ1) is 9.00. The summed E-state index contributed by atoms with van der Waals surface area (Å²) in [7, 11) is 1.66. The minimum Gasteiger partial charge on any atom is -0.370 e. The molecule has 4 nitrogen and oxygen atoms in total. The van der Waals surface area contributed by atoms with Crippen molar-refractivity contribution in [3.8, 4) is 0 Å². The SMILES string of the molecule is COC1(C(=O)c2ccnn2C(C)C)CCCC(C)C1. The van der Waals surface area contributed by atoms with Crippen molar-refractivity contribution in [3.05, 3.63) is 18.0 Å². The van der Waals surface area contributed by atoms with E-state index in [0.717, 1.165) is 19.3 Å². The number of methoxy groups -OCH3 is 1. The molecule has 0 saturated heterocycles. The molecular formula is C15H24N2O2. The van der Waals surface area contributed by atoms with Gasteiger partial charge in [-0.1, -0.05) is 13.3 Å². The Morgan fingerprint density at radius 3 is 2.89 bits per heavy atom. The summed E-state index contributed by atoms with van der Waals surface area (Å²) in [6, 6.07) is 1.99. The molecule has 0 aromatic carbocycles. The maximum absolute atomic E-state index is 12.9. The first-order valence-electron chi connectivity index (χ1n) is 7.13. The molecule has 1 fully saturated rings. The van der Waals surface area contributed by atoms with Gasteiger partial charge in [-0.25, -0.2) is 0 Å². The van der Waals surface area contributed by atoms with E-state index in [2.05, 4.69) is 12.0 Å². The highest BCUT2D eigenvalue weighted by atomic mass is 16.5. The fourth-order valence-electron chi connectivity index (χ4n) is 3.13. The fraction of sp³-hybridized carbons (Fsp3) is 0.733. The van der Waals surface area contributed by atoms with Crippen molar-refractivity contribution >= 4 is 5.78 Å². The van der Waals surface area contributed by atoms with Gasteiger partial charge in [0.05, 0.1) is 0 Å². The Morgan fingerprint density at radius 1 is 1.58 bits per heavy atom. The molecule has 0 aliphatic heterocycles. The summed E-state index contributed by atoms with van der Waals surface area (Å²) < 4.78 is 7.47. The van der Waals surface area contributed by atoms with E-state index in [9.17, 15) is 4.79 Å². The van der Waals surface area contributed by atoms with Gasteiger partial charge in [-0.05, 0) is 45.1 Å². The van der Waals surface area contributed by atoms with Crippen molar-refractivity contribution < 1.29 is 9.53 Å². The number of rotatable bonds is 4. The van der Waals surface area contributed by atoms with Crippen molar-refractivity contribution in [1.29, 1.82) is 0 Å². The monoisotopic (exact) mass is 264 g/mol. The smallest absolute Gasteiger partial charge is 0.212 e. The van der Waals surface area contributed by atoms with Crippen molar-refractivity contribution in [2.24, 2.45) is 5.92 Å². The fourth-order valence-corrected chi connectivity index (χ4v) is 3.13. The van der Waals surface area contributed by atoms with E-state index in [-0.39, 0.29) is 11.8 Å². The molecule has 2 unspecified atom stereocenters. The van der Waals surface area contributed by atoms with Gasteiger partial charge < -0.3 is 4.74 Å². The lowest BCUT2D eigenvalue weighted by Crippen LogP contribution is -2.45. The largest absolute Gasteiger partial charge is 0.370 e. The lowest BCUT2D eigenvalue weighted by atomic mass is 9.75. The third kappa shape index (κ3) is 2.59. The van der Waals surface area contributed by atoms with E-state index in [1.807, 2.05) is 19.9 Å². The van der Waals surface area contributed by atoms with Crippen LogP contribution < -0.4 is 0 Å². The van der Waals surface area contributed by atoms with Gasteiger partial charge in [0.15, 0.2) is 0 Å². The average molecular weight is 264 g/mol. The second-order valence-corrected chi connectivity index (χ2v) is 5.98. The van der Waals surface area contributed by atoms with Crippen LogP contribution in [0.3, 0.4) is 0 Å². The molecule has 1 aromatic rings. The Hall–Kier alpha value is -1.16. The number of nitrogens with zero attached hydrogens (tertiary/aromatic N) is 2. The summed E-state index contributed by atoms with van der Waals surface area (Å²) in [4.78, 5) is 12.9. The van der Waals surface area contributed by atoms with Crippen LogP contribution in [-0.4, -0.2) is 28.3 Å². The van der Waals surface area contributed by atoms with Gasteiger partial charge >= 0.3 is 0 Å². The second kappa shape index (κ2) is 5.45. The quantitative estimate of drug-likeness (QED) is 0.784. The Morgan fingerprint density at radius 2 is 2.32 bits per heavy atom. The summed E-state index contributed by atoms with van der Waals surface area (Å²) >= 11 is 0. The second-order valence-electron chi connectivity index (χ2n) is 5.98. The highest BCUT2D eigenvalue weighted by molar-refractivity contribution is 6.01. The number of hydrogen-bond acceptors (Lipinski definition) is 3. The van der Waals surface area contributed by atoms with Gasteiger partial charge in [0, 0.05) is 19.3 Å². The minimum absolute atomic E-state index is 0.0905. The lowest BCUT2D eigenvalue weighted by Gasteiger charge is -2.37. The molecule has 4 heteroatoms. The topological polar surface area (TPSA) is 44.1 Å². The van der Waals surface area contributed by atoms with Gasteiger partial charge in [0.1, 0.15) is 11.3 Å². The van der Waals surface area contributed by atoms with Crippen molar-refractivity contribution in [1.82, 2.24) is 9.78 Å². The molecule has 19 heavy (non-hydrogen) atoms. The van der Waals surface area contributed by atoms with Crippen LogP contribution in [0.5, 0.6) is 0 Å². The van der Waals surface area contributed by atoms with E-state index in [1.165, 1.54) is 6.42 Å². The zero-order valence-electron chi connectivity index (χ0n) is 12.3. The molecule has 0 spiro atoms. The van der Waals surface area contributed by atoms with Crippen LogP contribution in [0.15, 0.2) is 12.3 Å². The van der Waals surface area contributed by atoms with E-state index < -0.39 is 5.60 Å². The molecular weight excluding hydrogens is 240 g/mol. The normalized spacial score (nSPS) is 27.7. The van der Waals surface area contributed by atoms with Gasteiger partial charge in [0.2, 0.25) is 5.78 Å². The summed E-state index contributed by atoms with van der Waals surface area (Å²) in [5.74, 6) is 0.626. The average Bonchev–Trinajstić information content (AvgIpc) is 2.86. The van der Waals surface area contributed by atoms with Crippen LogP contribution in [0.2, 0.25) is 0 Å². The predicted molar refractivity (Wildman–Crippen MR) is 74.3 cm³/mol. The standard InChI is InChI=1S/C15H24N2O2/c1-11(2)17-13(7-9-16-17)14(18)15(19-4)8-5-6-12(3)10-15/h7,9,11-12H,5-6,8,10H2,1-4H3. The number of Topliss-reactive ketones (excluding diaryl/α,β-unsaturated/α-hetero) is 1. The third-order valence-electron chi connectivity index (χ3n) is 4.15. The molecule has 2 rings (SSSR count). The first-order valence-corrected chi connectivity index (χ1v) is 7.13. The molecule has 1 aromatic heterocycles. The molecule has 0 amide bonds. The molecule has 0 radical (unpaired) electrons. The van der Waals surface area contributed by atoms with Crippen molar-refractivity contribution in [2.75, 3.05) is 7.11 Å². The molecule has 1 saturated carbocycles. The Bertz CT molecular complexity index is 453. The van der Waals surface area contributed by atoms with E-state index in [1.54, 1.807) is 18.0 Å². The van der Waals surface area contributed by atoms with Crippen molar-refractivity contribution in [2.45, 2.75) is 58.1 Å². The number of carbonyl (C=O) groups excluding carboxylic acids is 1. The van der Waals surface area contributed by atoms with E-state index >= 15 is 0 Å². The molecule has 1 heterocycles. The van der Waals surface area contributed by atoms with Crippen LogP contribution in [0.4, 0.5) is 0 Å².